The van der Waals surface area contributed by atoms with Crippen LogP contribution < -0.4 is 10.6 Å². The minimum atomic E-state index is -3.14. The maximum Gasteiger partial charge on any atom is 0.299 e. The molecule has 1 aliphatic heterocycles. The van der Waals surface area contributed by atoms with Gasteiger partial charge >= 0.3 is 0 Å². The molecule has 0 saturated carbocycles. The zero-order chi connectivity index (χ0) is 21.9. The van der Waals surface area contributed by atoms with Gasteiger partial charge < -0.3 is 15.6 Å². The van der Waals surface area contributed by atoms with Crippen LogP contribution in [-0.2, 0) is 10.7 Å². The Morgan fingerprint density at radius 3 is 2.53 bits per heavy atom. The molecule has 1 unspecified atom stereocenters. The fourth-order valence-electron chi connectivity index (χ4n) is 4.85. The van der Waals surface area contributed by atoms with Gasteiger partial charge in [0.2, 0.25) is 6.41 Å². The second kappa shape index (κ2) is 6.97. The molecule has 5 nitrogen and oxygen atoms in total. The summed E-state index contributed by atoms with van der Waals surface area (Å²) in [6.07, 6.45) is 2.67. The number of aromatic nitrogens is 2. The smallest absolute Gasteiger partial charge is 0.299 e. The summed E-state index contributed by atoms with van der Waals surface area (Å²) in [6.45, 7) is 0.991. The van der Waals surface area contributed by atoms with Crippen LogP contribution in [0.15, 0.2) is 54.6 Å². The van der Waals surface area contributed by atoms with Crippen LogP contribution in [0, 0.1) is 0 Å². The number of imidazole rings is 1. The number of alkyl halides is 2. The van der Waals surface area contributed by atoms with E-state index in [-0.39, 0.29) is 17.2 Å². The highest BCUT2D eigenvalue weighted by molar-refractivity contribution is 5.87. The van der Waals surface area contributed by atoms with Crippen LogP contribution in [0.25, 0.3) is 33.3 Å². The molecule has 1 atom stereocenters. The third-order valence-electron chi connectivity index (χ3n) is 6.46. The number of hydrogen-bond acceptors (Lipinski definition) is 3. The molecule has 0 bridgehead atoms. The average molecular weight is 430 g/mol. The molecule has 3 aromatic carbocycles. The Bertz CT molecular complexity index is 1370. The Morgan fingerprint density at radius 1 is 1.00 bits per heavy atom. The van der Waals surface area contributed by atoms with Gasteiger partial charge in [-0.3, -0.25) is 4.79 Å². The van der Waals surface area contributed by atoms with E-state index in [0.29, 0.717) is 23.2 Å². The first-order valence-electron chi connectivity index (χ1n) is 10.7. The SMILES string of the molecule is O=CNc1ccc2c(c1)C(F)(F)c1cc(-c3ccc4nc(C5CCCN5)[nH]c4c3)ccc1-2. The van der Waals surface area contributed by atoms with Crippen molar-refractivity contribution in [2.75, 3.05) is 11.9 Å². The lowest BCUT2D eigenvalue weighted by molar-refractivity contribution is -0.105. The van der Waals surface area contributed by atoms with E-state index < -0.39 is 5.92 Å². The lowest BCUT2D eigenvalue weighted by atomic mass is 9.98. The maximum absolute atomic E-state index is 15.3. The summed E-state index contributed by atoms with van der Waals surface area (Å²) < 4.78 is 30.7. The van der Waals surface area contributed by atoms with Gasteiger partial charge in [-0.15, -0.1) is 0 Å². The first kappa shape index (κ1) is 19.1. The maximum atomic E-state index is 15.3. The van der Waals surface area contributed by atoms with Crippen molar-refractivity contribution in [3.63, 3.8) is 0 Å². The van der Waals surface area contributed by atoms with Gasteiger partial charge in [0.25, 0.3) is 5.92 Å². The molecule has 1 aromatic heterocycles. The van der Waals surface area contributed by atoms with Crippen molar-refractivity contribution in [3.8, 4) is 22.3 Å². The van der Waals surface area contributed by atoms with E-state index in [1.54, 1.807) is 24.3 Å². The molecule has 1 fully saturated rings. The minimum Gasteiger partial charge on any atom is -0.341 e. The van der Waals surface area contributed by atoms with Gasteiger partial charge in [0.15, 0.2) is 0 Å². The number of rotatable bonds is 4. The quantitative estimate of drug-likeness (QED) is 0.383. The molecule has 1 aliphatic carbocycles. The molecule has 0 spiro atoms. The van der Waals surface area contributed by atoms with E-state index in [2.05, 4.69) is 15.6 Å². The predicted molar refractivity (Wildman–Crippen MR) is 120 cm³/mol. The summed E-state index contributed by atoms with van der Waals surface area (Å²) in [7, 11) is 0. The van der Waals surface area contributed by atoms with Gasteiger partial charge in [0.1, 0.15) is 5.82 Å². The van der Waals surface area contributed by atoms with Crippen molar-refractivity contribution in [2.45, 2.75) is 24.8 Å². The number of amides is 1. The summed E-state index contributed by atoms with van der Waals surface area (Å²) in [5, 5.41) is 5.89. The second-order valence-electron chi connectivity index (χ2n) is 8.36. The van der Waals surface area contributed by atoms with Crippen molar-refractivity contribution in [2.24, 2.45) is 0 Å². The zero-order valence-electron chi connectivity index (χ0n) is 17.1. The molecule has 1 amide bonds. The highest BCUT2D eigenvalue weighted by Crippen LogP contribution is 2.52. The van der Waals surface area contributed by atoms with E-state index in [1.807, 2.05) is 24.3 Å². The number of H-pyrrole nitrogens is 1. The molecule has 1 saturated heterocycles. The number of nitrogens with zero attached hydrogens (tertiary/aromatic N) is 1. The first-order valence-corrected chi connectivity index (χ1v) is 10.7. The van der Waals surface area contributed by atoms with E-state index in [9.17, 15) is 4.79 Å². The van der Waals surface area contributed by atoms with Crippen molar-refractivity contribution >= 4 is 23.1 Å². The van der Waals surface area contributed by atoms with Crippen LogP contribution in [0.4, 0.5) is 14.5 Å². The van der Waals surface area contributed by atoms with Crippen LogP contribution in [0.3, 0.4) is 0 Å². The van der Waals surface area contributed by atoms with Gasteiger partial charge in [-0.25, -0.2) is 4.98 Å². The summed E-state index contributed by atoms with van der Waals surface area (Å²) >= 11 is 0. The van der Waals surface area contributed by atoms with Crippen LogP contribution in [0.2, 0.25) is 0 Å². The molecule has 2 heterocycles. The lowest BCUT2D eigenvalue weighted by Gasteiger charge is -2.14. The third-order valence-corrected chi connectivity index (χ3v) is 6.46. The van der Waals surface area contributed by atoms with Gasteiger partial charge in [0, 0.05) is 16.8 Å². The summed E-state index contributed by atoms with van der Waals surface area (Å²) in [4.78, 5) is 18.8. The predicted octanol–water partition coefficient (Wildman–Crippen LogP) is 5.34. The Hall–Kier alpha value is -3.58. The standard InChI is InChI=1S/C25H20F2N4O/c26-25(27)19-10-14(3-6-17(19)18-7-5-16(29-13-32)12-20(18)25)15-4-8-21-23(11-15)31-24(30-21)22-2-1-9-28-22/h3-8,10-13,22,28H,1-2,9H2,(H,29,32)(H,30,31). The summed E-state index contributed by atoms with van der Waals surface area (Å²) in [5.74, 6) is -2.22. The number of aromatic amines is 1. The van der Waals surface area contributed by atoms with Crippen molar-refractivity contribution < 1.29 is 13.6 Å². The largest absolute Gasteiger partial charge is 0.341 e. The number of benzene rings is 3. The second-order valence-corrected chi connectivity index (χ2v) is 8.36. The fraction of sp³-hybridized carbons (Fsp3) is 0.200. The highest BCUT2D eigenvalue weighted by atomic mass is 19.3. The summed E-state index contributed by atoms with van der Waals surface area (Å²) in [5.41, 5.74) is 4.59. The third kappa shape index (κ3) is 2.85. The molecular weight excluding hydrogens is 410 g/mol. The summed E-state index contributed by atoms with van der Waals surface area (Å²) in [6, 6.07) is 15.9. The first-order chi connectivity index (χ1) is 15.5. The number of anilines is 1. The molecule has 4 aromatic rings. The number of nitrogens with one attached hydrogen (secondary N) is 3. The van der Waals surface area contributed by atoms with Crippen LogP contribution >= 0.6 is 0 Å². The molecule has 2 aliphatic rings. The van der Waals surface area contributed by atoms with Crippen molar-refractivity contribution in [1.82, 2.24) is 15.3 Å². The molecule has 160 valence electrons. The Morgan fingerprint density at radius 2 is 1.75 bits per heavy atom. The zero-order valence-corrected chi connectivity index (χ0v) is 17.1. The molecule has 3 N–H and O–H groups in total. The van der Waals surface area contributed by atoms with Gasteiger partial charge in [-0.05, 0) is 72.0 Å². The van der Waals surface area contributed by atoms with Gasteiger partial charge in [-0.1, -0.05) is 24.3 Å². The number of fused-ring (bicyclic) bond motifs is 4. The molecule has 32 heavy (non-hydrogen) atoms. The number of carbonyl (C=O) groups excluding carboxylic acids is 1. The average Bonchev–Trinajstić information content (AvgIpc) is 3.52. The molecular formula is C25H20F2N4O. The minimum absolute atomic E-state index is 0.0196. The van der Waals surface area contributed by atoms with Crippen LogP contribution in [0.5, 0.6) is 0 Å². The topological polar surface area (TPSA) is 69.8 Å². The lowest BCUT2D eigenvalue weighted by Crippen LogP contribution is -2.13. The fourth-order valence-corrected chi connectivity index (χ4v) is 4.85. The van der Waals surface area contributed by atoms with E-state index in [0.717, 1.165) is 47.4 Å². The normalized spacial score (nSPS) is 18.5. The van der Waals surface area contributed by atoms with E-state index in [4.69, 9.17) is 4.98 Å². The number of halogens is 2. The molecule has 6 rings (SSSR count). The van der Waals surface area contributed by atoms with Crippen molar-refractivity contribution in [1.29, 1.82) is 0 Å². The molecule has 7 heteroatoms. The number of hydrogen-bond donors (Lipinski definition) is 3. The van der Waals surface area contributed by atoms with E-state index in [1.165, 1.54) is 6.07 Å². The number of carbonyl (C=O) groups is 1. The van der Waals surface area contributed by atoms with Gasteiger partial charge in [0.05, 0.1) is 17.1 Å². The monoisotopic (exact) mass is 430 g/mol. The molecule has 0 radical (unpaired) electrons. The Kier molecular flexibility index (Phi) is 4.16. The Balaban J connectivity index is 1.40. The van der Waals surface area contributed by atoms with Gasteiger partial charge in [-0.2, -0.15) is 8.78 Å². The highest BCUT2D eigenvalue weighted by Gasteiger charge is 2.44. The van der Waals surface area contributed by atoms with Crippen LogP contribution in [0.1, 0.15) is 35.8 Å². The van der Waals surface area contributed by atoms with E-state index >= 15 is 8.78 Å². The van der Waals surface area contributed by atoms with Crippen molar-refractivity contribution in [3.05, 3.63) is 71.5 Å². The van der Waals surface area contributed by atoms with Crippen LogP contribution in [-0.4, -0.2) is 22.9 Å². The Labute approximate surface area is 182 Å².